The number of hydrogen-bond donors (Lipinski definition) is 2. The average molecular weight is 1470 g/mol. The number of aldehydes is 1. The molecule has 0 spiro atoms. The number of ether oxygens (including phenoxy) is 8. The van der Waals surface area contributed by atoms with E-state index in [9.17, 15) is 34.2 Å². The summed E-state index contributed by atoms with van der Waals surface area (Å²) in [5.74, 6) is 3.04. The van der Waals surface area contributed by atoms with Crippen LogP contribution < -0.4 is 53.7 Å². The van der Waals surface area contributed by atoms with Gasteiger partial charge in [-0.25, -0.2) is 0 Å². The first-order valence-corrected chi connectivity index (χ1v) is 31.3. The van der Waals surface area contributed by atoms with E-state index in [-0.39, 0.29) is 56.5 Å². The molecule has 1 saturated heterocycles. The van der Waals surface area contributed by atoms with Gasteiger partial charge in [-0.2, -0.15) is 0 Å². The Labute approximate surface area is 568 Å². The fraction of sp³-hybridized carbons (Fsp3) is 0.192. The number of phenols is 2. The first kappa shape index (κ1) is 71.6. The van der Waals surface area contributed by atoms with Crippen molar-refractivity contribution in [3.05, 3.63) is 220 Å². The number of Topliss-reactive ketones (excluding diaryl/α,β-unsaturated/α-hetero) is 1. The Morgan fingerprint density at radius 3 is 1.23 bits per heavy atom. The summed E-state index contributed by atoms with van der Waals surface area (Å²) in [5, 5.41) is 20.7. The second kappa shape index (κ2) is 34.7. The third-order valence-corrected chi connectivity index (χ3v) is 16.1. The predicted molar refractivity (Wildman–Crippen MR) is 375 cm³/mol. The summed E-state index contributed by atoms with van der Waals surface area (Å²) in [5.41, 5.74) is 5.41. The number of benzene rings is 8. The first-order valence-electron chi connectivity index (χ1n) is 28.9. The van der Waals surface area contributed by atoms with Gasteiger partial charge < -0.3 is 61.8 Å². The Hall–Kier alpha value is -9.83. The van der Waals surface area contributed by atoms with Crippen molar-refractivity contribution in [3.8, 4) is 80.1 Å². The van der Waals surface area contributed by atoms with Gasteiger partial charge in [0.1, 0.15) is 17.8 Å². The molecule has 8 aromatic carbocycles. The molecule has 0 saturated carbocycles. The van der Waals surface area contributed by atoms with Gasteiger partial charge in [-0.15, -0.1) is 0 Å². The highest BCUT2D eigenvalue weighted by molar-refractivity contribution is 9.11. The summed E-state index contributed by atoms with van der Waals surface area (Å²) < 4.78 is 56.3. The van der Waals surface area contributed by atoms with E-state index in [1.165, 1.54) is 105 Å². The lowest BCUT2D eigenvalue weighted by Gasteiger charge is -2.28. The molecule has 3 heterocycles. The molecular weight excluding hydrogens is 1400 g/mol. The lowest BCUT2D eigenvalue weighted by Crippen LogP contribution is -2.29. The number of anilines is 1. The fourth-order valence-corrected chi connectivity index (χ4v) is 10.4. The molecule has 1 aliphatic rings. The number of ketones is 2. The number of aromatic hydroxyl groups is 2. The number of halogens is 3. The Morgan fingerprint density at radius 1 is 0.457 bits per heavy atom. The Morgan fingerprint density at radius 2 is 0.830 bits per heavy atom. The number of fused-ring (bicyclic) bond motifs is 2. The highest BCUT2D eigenvalue weighted by Crippen LogP contribution is 2.42. The molecule has 1 fully saturated rings. The number of phenolic OH excluding ortho intramolecular Hbond substituents is 2. The van der Waals surface area contributed by atoms with Crippen molar-refractivity contribution in [3.63, 3.8) is 0 Å². The van der Waals surface area contributed by atoms with Crippen LogP contribution in [0.15, 0.2) is 196 Å². The van der Waals surface area contributed by atoms with Crippen LogP contribution in [0.25, 0.3) is 50.7 Å². The Bertz CT molecular complexity index is 4390. The zero-order valence-corrected chi connectivity index (χ0v) is 57.6. The van der Waals surface area contributed by atoms with Gasteiger partial charge in [0, 0.05) is 61.0 Å². The summed E-state index contributed by atoms with van der Waals surface area (Å²) in [6.07, 6.45) is 7.70. The van der Waals surface area contributed by atoms with Gasteiger partial charge in [0.05, 0.1) is 78.8 Å². The van der Waals surface area contributed by atoms with Crippen molar-refractivity contribution in [2.24, 2.45) is 0 Å². The van der Waals surface area contributed by atoms with Crippen LogP contribution in [-0.2, 0) is 0 Å². The van der Waals surface area contributed by atoms with Crippen LogP contribution in [0.1, 0.15) is 62.8 Å². The molecule has 11 rings (SSSR count). The molecule has 2 aromatic heterocycles. The van der Waals surface area contributed by atoms with E-state index in [2.05, 4.69) is 64.8 Å². The van der Waals surface area contributed by atoms with E-state index >= 15 is 0 Å². The number of hydrogen-bond acceptors (Lipinski definition) is 18. The Kier molecular flexibility index (Phi) is 26.5. The quantitative estimate of drug-likeness (QED) is 0.0520. The minimum absolute atomic E-state index is 0.104. The third-order valence-electron chi connectivity index (χ3n) is 14.5. The van der Waals surface area contributed by atoms with Crippen molar-refractivity contribution >= 4 is 99.3 Å². The lowest BCUT2D eigenvalue weighted by molar-refractivity contribution is 0.101. The fourth-order valence-electron chi connectivity index (χ4n) is 9.63. The standard InChI is InChI=1S/C22H23NO4.C17H13BrO4.C17H15BrO4.C10H12O4.C7H5BrO/c1-25-19-11-10-17-18(24)14-20(27-21(17)22(19)26-2)15-6-8-16(9-7-15)23-12-4-3-5-13-23;1-20-14-8-7-12-13(19)9-15(22-16(12)17(14)21-2)10-3-5-11(18)6-4-10;1-21-15-10-8-13(16(20)17(15)22-2)14(19)9-5-11-3-6-12(18)7-4-11;1-6(11)7-4-5-8(13-2)10(14-3)9(7)12;8-7-3-1-6(5-9)2-4-7/h6-11,14H,3-5,12-13H2,1-2H3;3-9H,1-2H3;3-10,20H,1-2H3;4-5,12H,1-3H3;1-5H. The molecule has 2 N–H and O–H groups in total. The van der Waals surface area contributed by atoms with Crippen LogP contribution in [0.5, 0.6) is 57.5 Å². The van der Waals surface area contributed by atoms with Crippen molar-refractivity contribution in [1.82, 2.24) is 0 Å². The first-order chi connectivity index (χ1) is 45.3. The summed E-state index contributed by atoms with van der Waals surface area (Å²) in [4.78, 5) is 60.7. The van der Waals surface area contributed by atoms with Crippen LogP contribution in [0.4, 0.5) is 5.69 Å². The summed E-state index contributed by atoms with van der Waals surface area (Å²) in [6, 6.07) is 46.4. The Balaban J connectivity index is 0.000000173. The van der Waals surface area contributed by atoms with Gasteiger partial charge >= 0.3 is 0 Å². The highest BCUT2D eigenvalue weighted by Gasteiger charge is 2.21. The topological polar surface area (TPSA) is 229 Å². The second-order valence-corrected chi connectivity index (χ2v) is 23.0. The zero-order chi connectivity index (χ0) is 68.0. The molecule has 0 unspecified atom stereocenters. The van der Waals surface area contributed by atoms with E-state index < -0.39 is 0 Å². The van der Waals surface area contributed by atoms with Gasteiger partial charge in [-0.3, -0.25) is 24.0 Å². The molecule has 0 amide bonds. The summed E-state index contributed by atoms with van der Waals surface area (Å²) in [7, 11) is 11.9. The van der Waals surface area contributed by atoms with Gasteiger partial charge in [0.2, 0.25) is 23.0 Å². The third kappa shape index (κ3) is 18.1. The second-order valence-electron chi connectivity index (χ2n) is 20.3. The predicted octanol–water partition coefficient (Wildman–Crippen LogP) is 16.6. The van der Waals surface area contributed by atoms with Crippen molar-refractivity contribution < 1.29 is 71.3 Å². The van der Waals surface area contributed by atoms with E-state index in [1.807, 2.05) is 72.8 Å². The number of nitrogens with zero attached hydrogens (tertiary/aromatic N) is 1. The van der Waals surface area contributed by atoms with Crippen LogP contribution >= 0.6 is 47.8 Å². The largest absolute Gasteiger partial charge is 0.504 e. The molecule has 0 bridgehead atoms. The average Bonchev–Trinajstić information content (AvgIpc) is 0.791. The zero-order valence-electron chi connectivity index (χ0n) is 52.9. The smallest absolute Gasteiger partial charge is 0.204 e. The van der Waals surface area contributed by atoms with Crippen LogP contribution in [0, 0.1) is 0 Å². The number of carbonyl (C=O) groups excluding carboxylic acids is 3. The maximum Gasteiger partial charge on any atom is 0.204 e. The van der Waals surface area contributed by atoms with Crippen molar-refractivity contribution in [2.75, 3.05) is 74.9 Å². The minimum Gasteiger partial charge on any atom is -0.504 e. The summed E-state index contributed by atoms with van der Waals surface area (Å²) >= 11 is 10.00. The molecular formula is C73H68Br3NO17. The van der Waals surface area contributed by atoms with Gasteiger partial charge in [0.15, 0.2) is 68.1 Å². The molecule has 94 heavy (non-hydrogen) atoms. The normalized spacial score (nSPS) is 11.4. The number of methoxy groups -OCH3 is 8. The minimum atomic E-state index is -0.318. The molecule has 10 aromatic rings. The maximum atomic E-state index is 12.6. The van der Waals surface area contributed by atoms with Crippen LogP contribution in [0.3, 0.4) is 0 Å². The van der Waals surface area contributed by atoms with E-state index in [0.717, 1.165) is 49.5 Å². The van der Waals surface area contributed by atoms with E-state index in [1.54, 1.807) is 68.8 Å². The molecule has 18 nitrogen and oxygen atoms in total. The molecule has 0 atom stereocenters. The maximum absolute atomic E-state index is 12.6. The number of carbonyl (C=O) groups is 3. The molecule has 21 heteroatoms. The van der Waals surface area contributed by atoms with Gasteiger partial charge in [-0.1, -0.05) is 90.3 Å². The number of allylic oxidation sites excluding steroid dienone is 1. The molecule has 1 aliphatic heterocycles. The van der Waals surface area contributed by atoms with Crippen molar-refractivity contribution in [1.29, 1.82) is 0 Å². The number of piperidine rings is 1. The molecule has 0 aliphatic carbocycles. The SMILES string of the molecule is COc1ccc(C(=O)C=Cc2ccc(Br)cc2)c(O)c1OC.COc1ccc(C(C)=O)c(O)c1OC.COc1ccc2c(=O)cc(-c3ccc(Br)cc3)oc2c1OC.COc1ccc2c(=O)cc(-c3ccc(N4CCCCC4)cc3)oc2c1OC.O=Cc1ccc(Br)cc1. The number of rotatable bonds is 16. The van der Waals surface area contributed by atoms with E-state index in [0.29, 0.717) is 73.5 Å². The van der Waals surface area contributed by atoms with Crippen LogP contribution in [0.2, 0.25) is 0 Å². The monoisotopic (exact) mass is 1470 g/mol. The summed E-state index contributed by atoms with van der Waals surface area (Å²) in [6.45, 7) is 3.57. The van der Waals surface area contributed by atoms with Gasteiger partial charge in [0.25, 0.3) is 0 Å². The highest BCUT2D eigenvalue weighted by atomic mass is 79.9. The van der Waals surface area contributed by atoms with Crippen molar-refractivity contribution in [2.45, 2.75) is 26.2 Å². The molecule has 488 valence electrons. The van der Waals surface area contributed by atoms with Gasteiger partial charge in [-0.05, 0) is 147 Å². The van der Waals surface area contributed by atoms with E-state index in [4.69, 9.17) is 46.7 Å². The molecule has 0 radical (unpaired) electrons. The lowest BCUT2D eigenvalue weighted by atomic mass is 10.1. The van der Waals surface area contributed by atoms with Crippen LogP contribution in [-0.4, -0.2) is 98.0 Å².